The van der Waals surface area contributed by atoms with Crippen molar-refractivity contribution in [1.82, 2.24) is 0 Å². The average molecular weight is 291 g/mol. The number of benzene rings is 2. The van der Waals surface area contributed by atoms with Crippen LogP contribution in [0.4, 0.5) is 11.4 Å². The second-order valence-electron chi connectivity index (χ2n) is 3.93. The van der Waals surface area contributed by atoms with Crippen LogP contribution >= 0.6 is 15.9 Å². The minimum Gasteiger partial charge on any atom is -0.399 e. The molecule has 0 aliphatic carbocycles. The summed E-state index contributed by atoms with van der Waals surface area (Å²) in [6.45, 7) is 0.908. The lowest BCUT2D eigenvalue weighted by Crippen LogP contribution is -2.04. The van der Waals surface area contributed by atoms with Gasteiger partial charge in [-0.1, -0.05) is 28.1 Å². The van der Waals surface area contributed by atoms with Crippen LogP contribution in [0.5, 0.6) is 0 Å². The largest absolute Gasteiger partial charge is 0.399 e. The van der Waals surface area contributed by atoms with Crippen LogP contribution in [0.25, 0.3) is 0 Å². The van der Waals surface area contributed by atoms with Crippen molar-refractivity contribution in [3.8, 4) is 0 Å². The van der Waals surface area contributed by atoms with Crippen molar-refractivity contribution in [2.24, 2.45) is 0 Å². The zero-order chi connectivity index (χ0) is 12.1. The molecule has 17 heavy (non-hydrogen) atoms. The molecule has 0 saturated heterocycles. The fraction of sp³-hybridized carbons (Fsp3) is 0.143. The molecule has 0 saturated carbocycles. The highest BCUT2D eigenvalue weighted by Gasteiger charge is 1.95. The molecule has 0 aromatic heterocycles. The first-order valence-electron chi connectivity index (χ1n) is 5.58. The number of hydrogen-bond donors (Lipinski definition) is 2. The van der Waals surface area contributed by atoms with Crippen molar-refractivity contribution in [3.63, 3.8) is 0 Å². The highest BCUT2D eigenvalue weighted by atomic mass is 79.9. The van der Waals surface area contributed by atoms with E-state index >= 15 is 0 Å². The van der Waals surface area contributed by atoms with E-state index in [9.17, 15) is 0 Å². The number of nitrogens with two attached hydrogens (primary N) is 1. The fourth-order valence-corrected chi connectivity index (χ4v) is 1.93. The molecule has 0 amide bonds. The molecule has 3 N–H and O–H groups in total. The van der Waals surface area contributed by atoms with E-state index in [1.165, 1.54) is 5.56 Å². The van der Waals surface area contributed by atoms with Crippen LogP contribution in [0.15, 0.2) is 53.0 Å². The van der Waals surface area contributed by atoms with Gasteiger partial charge in [-0.3, -0.25) is 0 Å². The Morgan fingerprint density at radius 3 is 2.53 bits per heavy atom. The summed E-state index contributed by atoms with van der Waals surface area (Å²) in [5, 5.41) is 3.38. The van der Waals surface area contributed by atoms with E-state index < -0.39 is 0 Å². The van der Waals surface area contributed by atoms with Crippen LogP contribution in [-0.4, -0.2) is 6.54 Å². The second-order valence-corrected chi connectivity index (χ2v) is 4.84. The Hall–Kier alpha value is -1.48. The zero-order valence-corrected chi connectivity index (χ0v) is 11.1. The lowest BCUT2D eigenvalue weighted by molar-refractivity contribution is 1.02. The lowest BCUT2D eigenvalue weighted by atomic mass is 10.1. The van der Waals surface area contributed by atoms with Crippen LogP contribution in [-0.2, 0) is 6.42 Å². The van der Waals surface area contributed by atoms with Gasteiger partial charge in [-0.25, -0.2) is 0 Å². The Balaban J connectivity index is 1.85. The van der Waals surface area contributed by atoms with Gasteiger partial charge in [0.1, 0.15) is 0 Å². The summed E-state index contributed by atoms with van der Waals surface area (Å²) >= 11 is 3.42. The normalized spacial score (nSPS) is 10.2. The maximum atomic E-state index is 5.73. The van der Waals surface area contributed by atoms with Crippen LogP contribution in [0.3, 0.4) is 0 Å². The van der Waals surface area contributed by atoms with Crippen LogP contribution in [0.2, 0.25) is 0 Å². The lowest BCUT2D eigenvalue weighted by Gasteiger charge is -2.07. The minimum absolute atomic E-state index is 0.825. The molecule has 0 spiro atoms. The van der Waals surface area contributed by atoms with Crippen molar-refractivity contribution in [2.45, 2.75) is 6.42 Å². The van der Waals surface area contributed by atoms with E-state index in [4.69, 9.17) is 5.73 Å². The maximum absolute atomic E-state index is 5.73. The molecular weight excluding hydrogens is 276 g/mol. The van der Waals surface area contributed by atoms with Gasteiger partial charge in [0.25, 0.3) is 0 Å². The Morgan fingerprint density at radius 1 is 1.06 bits per heavy atom. The van der Waals surface area contributed by atoms with Gasteiger partial charge in [-0.15, -0.1) is 0 Å². The minimum atomic E-state index is 0.825. The number of hydrogen-bond acceptors (Lipinski definition) is 2. The maximum Gasteiger partial charge on any atom is 0.0341 e. The summed E-state index contributed by atoms with van der Waals surface area (Å²) in [4.78, 5) is 0. The van der Waals surface area contributed by atoms with Gasteiger partial charge in [0.05, 0.1) is 0 Å². The van der Waals surface area contributed by atoms with E-state index in [-0.39, 0.29) is 0 Å². The van der Waals surface area contributed by atoms with E-state index in [2.05, 4.69) is 39.4 Å². The molecule has 3 heteroatoms. The van der Waals surface area contributed by atoms with Crippen LogP contribution in [0.1, 0.15) is 5.56 Å². The molecule has 2 nitrogen and oxygen atoms in total. The third kappa shape index (κ3) is 3.79. The monoisotopic (exact) mass is 290 g/mol. The zero-order valence-electron chi connectivity index (χ0n) is 9.49. The molecule has 0 unspecified atom stereocenters. The molecule has 0 heterocycles. The molecule has 2 rings (SSSR count). The summed E-state index contributed by atoms with van der Waals surface area (Å²) in [7, 11) is 0. The molecule has 0 atom stereocenters. The van der Waals surface area contributed by atoms with Crippen molar-refractivity contribution in [2.75, 3.05) is 17.6 Å². The quantitative estimate of drug-likeness (QED) is 0.843. The number of nitrogen functional groups attached to an aromatic ring is 1. The molecule has 2 aromatic carbocycles. The van der Waals surface area contributed by atoms with Crippen molar-refractivity contribution >= 4 is 27.3 Å². The highest BCUT2D eigenvalue weighted by molar-refractivity contribution is 9.10. The van der Waals surface area contributed by atoms with Crippen molar-refractivity contribution in [1.29, 1.82) is 0 Å². The van der Waals surface area contributed by atoms with E-state index in [0.29, 0.717) is 0 Å². The first-order chi connectivity index (χ1) is 8.24. The Kier molecular flexibility index (Phi) is 4.04. The Labute approximate surface area is 110 Å². The average Bonchev–Trinajstić information content (AvgIpc) is 2.32. The SMILES string of the molecule is Nc1cccc(CCNc2ccc(Br)cc2)c1. The summed E-state index contributed by atoms with van der Waals surface area (Å²) in [5.74, 6) is 0. The van der Waals surface area contributed by atoms with Gasteiger partial charge in [-0.2, -0.15) is 0 Å². The number of halogens is 1. The molecule has 0 fully saturated rings. The van der Waals surface area contributed by atoms with E-state index in [1.54, 1.807) is 0 Å². The van der Waals surface area contributed by atoms with Gasteiger partial charge in [0.2, 0.25) is 0 Å². The summed E-state index contributed by atoms with van der Waals surface area (Å²) < 4.78 is 1.10. The third-order valence-electron chi connectivity index (χ3n) is 2.54. The molecule has 0 bridgehead atoms. The number of anilines is 2. The molecule has 0 aliphatic rings. The smallest absolute Gasteiger partial charge is 0.0341 e. The molecular formula is C14H15BrN2. The molecule has 0 aliphatic heterocycles. The van der Waals surface area contributed by atoms with Gasteiger partial charge in [-0.05, 0) is 48.4 Å². The molecule has 88 valence electrons. The van der Waals surface area contributed by atoms with Crippen LogP contribution < -0.4 is 11.1 Å². The number of nitrogens with one attached hydrogen (secondary N) is 1. The van der Waals surface area contributed by atoms with E-state index in [0.717, 1.165) is 28.8 Å². The topological polar surface area (TPSA) is 38.0 Å². The van der Waals surface area contributed by atoms with Gasteiger partial charge in [0.15, 0.2) is 0 Å². The Morgan fingerprint density at radius 2 is 1.82 bits per heavy atom. The van der Waals surface area contributed by atoms with Crippen LogP contribution in [0, 0.1) is 0 Å². The predicted molar refractivity (Wildman–Crippen MR) is 77.2 cm³/mol. The Bertz CT molecular complexity index is 480. The number of rotatable bonds is 4. The fourth-order valence-electron chi connectivity index (χ4n) is 1.67. The highest BCUT2D eigenvalue weighted by Crippen LogP contribution is 2.14. The van der Waals surface area contributed by atoms with Crippen molar-refractivity contribution in [3.05, 3.63) is 58.6 Å². The third-order valence-corrected chi connectivity index (χ3v) is 3.07. The van der Waals surface area contributed by atoms with Gasteiger partial charge < -0.3 is 11.1 Å². The molecule has 2 aromatic rings. The predicted octanol–water partition coefficient (Wildman–Crippen LogP) is 3.69. The van der Waals surface area contributed by atoms with E-state index in [1.807, 2.05) is 30.3 Å². The van der Waals surface area contributed by atoms with Gasteiger partial charge in [0, 0.05) is 22.4 Å². The van der Waals surface area contributed by atoms with Gasteiger partial charge >= 0.3 is 0 Å². The second kappa shape index (κ2) is 5.73. The summed E-state index contributed by atoms with van der Waals surface area (Å²) in [6.07, 6.45) is 0.973. The first-order valence-corrected chi connectivity index (χ1v) is 6.37. The first kappa shape index (κ1) is 12.0. The standard InChI is InChI=1S/C14H15BrN2/c15-12-4-6-14(7-5-12)17-9-8-11-2-1-3-13(16)10-11/h1-7,10,17H,8-9,16H2. The van der Waals surface area contributed by atoms with Crippen molar-refractivity contribution < 1.29 is 0 Å². The summed E-state index contributed by atoms with van der Waals surface area (Å²) in [6, 6.07) is 16.2. The molecule has 0 radical (unpaired) electrons. The summed E-state index contributed by atoms with van der Waals surface area (Å²) in [5.41, 5.74) is 8.95.